The van der Waals surface area contributed by atoms with Crippen molar-refractivity contribution in [1.29, 1.82) is 0 Å². The maximum atomic E-state index is 13.8. The van der Waals surface area contributed by atoms with E-state index in [9.17, 15) is 9.59 Å². The molecule has 0 bridgehead atoms. The molecule has 2 amide bonds. The summed E-state index contributed by atoms with van der Waals surface area (Å²) in [6.45, 7) is 0.153. The van der Waals surface area contributed by atoms with Crippen LogP contribution in [0.25, 0.3) is 6.08 Å². The highest BCUT2D eigenvalue weighted by atomic mass is 35.5. The normalized spacial score (nSPS) is 13.5. The van der Waals surface area contributed by atoms with Crippen LogP contribution in [0.3, 0.4) is 0 Å². The minimum atomic E-state index is -0.562. The predicted molar refractivity (Wildman–Crippen MR) is 167 cm³/mol. The van der Waals surface area contributed by atoms with Crippen molar-refractivity contribution in [3.63, 3.8) is 0 Å². The average Bonchev–Trinajstić information content (AvgIpc) is 2.97. The molecule has 0 unspecified atom stereocenters. The van der Waals surface area contributed by atoms with E-state index in [1.54, 1.807) is 78.9 Å². The van der Waals surface area contributed by atoms with Crippen LogP contribution < -0.4 is 19.3 Å². The van der Waals surface area contributed by atoms with Crippen LogP contribution in [-0.4, -0.2) is 24.0 Å². The molecule has 10 heteroatoms. The molecule has 1 heterocycles. The second-order valence-electron chi connectivity index (χ2n) is 8.86. The number of hydrogen-bond donors (Lipinski definition) is 0. The Balaban J connectivity index is 1.53. The predicted octanol–water partition coefficient (Wildman–Crippen LogP) is 7.98. The summed E-state index contributed by atoms with van der Waals surface area (Å²) >= 11 is 24.4. The molecule has 4 aromatic carbocycles. The third kappa shape index (κ3) is 5.94. The van der Waals surface area contributed by atoms with Crippen molar-refractivity contribution in [2.75, 3.05) is 16.9 Å². The van der Waals surface area contributed by atoms with E-state index in [-0.39, 0.29) is 22.3 Å². The van der Waals surface area contributed by atoms with E-state index in [2.05, 4.69) is 0 Å². The van der Waals surface area contributed by atoms with E-state index in [4.69, 9.17) is 56.5 Å². The molecule has 0 radical (unpaired) electrons. The number of amides is 2. The first-order valence-corrected chi connectivity index (χ1v) is 13.8. The lowest BCUT2D eigenvalue weighted by Gasteiger charge is -2.36. The maximum absolute atomic E-state index is 13.8. The molecule has 206 valence electrons. The molecule has 0 atom stereocenters. The molecule has 6 nitrogen and oxygen atoms in total. The second kappa shape index (κ2) is 12.3. The summed E-state index contributed by atoms with van der Waals surface area (Å²) < 4.78 is 11.5. The average molecular weight is 624 g/mol. The molecular formula is C31H21Cl3N2O4S. The monoisotopic (exact) mass is 622 g/mol. The Bertz CT molecular complexity index is 1620. The van der Waals surface area contributed by atoms with Crippen molar-refractivity contribution < 1.29 is 19.1 Å². The quantitative estimate of drug-likeness (QED) is 0.119. The molecule has 0 aromatic heterocycles. The summed E-state index contributed by atoms with van der Waals surface area (Å²) in [6.07, 6.45) is 1.47. The summed E-state index contributed by atoms with van der Waals surface area (Å²) in [7, 11) is 1.47. The zero-order chi connectivity index (χ0) is 29.1. The van der Waals surface area contributed by atoms with Gasteiger partial charge in [-0.3, -0.25) is 19.4 Å². The SMILES string of the molecule is COc1cc(C=C2C(=O)N(c3ccccc3)C(=S)N(c3ccccc3)C2=O)cc(Cl)c1OCc1ccc(Cl)c(Cl)c1. The lowest BCUT2D eigenvalue weighted by atomic mass is 10.0. The van der Waals surface area contributed by atoms with E-state index in [1.165, 1.54) is 23.0 Å². The Kier molecular flexibility index (Phi) is 8.61. The Morgan fingerprint density at radius 3 is 1.88 bits per heavy atom. The van der Waals surface area contributed by atoms with E-state index >= 15 is 0 Å². The van der Waals surface area contributed by atoms with Crippen LogP contribution in [-0.2, 0) is 16.2 Å². The van der Waals surface area contributed by atoms with Crippen LogP contribution in [0.1, 0.15) is 11.1 Å². The minimum absolute atomic E-state index is 0.0520. The van der Waals surface area contributed by atoms with Gasteiger partial charge in [0, 0.05) is 0 Å². The summed E-state index contributed by atoms with van der Waals surface area (Å²) in [5.41, 5.74) is 2.19. The fraction of sp³-hybridized carbons (Fsp3) is 0.0645. The largest absolute Gasteiger partial charge is 0.493 e. The topological polar surface area (TPSA) is 59.1 Å². The summed E-state index contributed by atoms with van der Waals surface area (Å²) in [5, 5.41) is 1.12. The Labute approximate surface area is 257 Å². The number of hydrogen-bond acceptors (Lipinski definition) is 5. The number of halogens is 3. The Hall–Kier alpha value is -3.88. The van der Waals surface area contributed by atoms with Crippen LogP contribution in [0.15, 0.2) is 96.6 Å². The lowest BCUT2D eigenvalue weighted by Crippen LogP contribution is -2.56. The van der Waals surface area contributed by atoms with Crippen molar-refractivity contribution in [1.82, 2.24) is 0 Å². The molecule has 4 aromatic rings. The van der Waals surface area contributed by atoms with Gasteiger partial charge in [-0.15, -0.1) is 0 Å². The maximum Gasteiger partial charge on any atom is 0.270 e. The number of carbonyl (C=O) groups is 2. The van der Waals surface area contributed by atoms with Gasteiger partial charge in [0.15, 0.2) is 16.6 Å². The van der Waals surface area contributed by atoms with Gasteiger partial charge in [0.05, 0.1) is 33.6 Å². The molecule has 41 heavy (non-hydrogen) atoms. The van der Waals surface area contributed by atoms with Crippen LogP contribution in [0.4, 0.5) is 11.4 Å². The van der Waals surface area contributed by atoms with Gasteiger partial charge in [0.2, 0.25) is 0 Å². The van der Waals surface area contributed by atoms with Crippen LogP contribution in [0.2, 0.25) is 15.1 Å². The highest BCUT2D eigenvalue weighted by Gasteiger charge is 2.41. The highest BCUT2D eigenvalue weighted by Crippen LogP contribution is 2.38. The van der Waals surface area contributed by atoms with Gasteiger partial charge in [0.1, 0.15) is 12.2 Å². The zero-order valence-corrected chi connectivity index (χ0v) is 24.6. The van der Waals surface area contributed by atoms with Crippen molar-refractivity contribution >= 4 is 81.4 Å². The third-order valence-electron chi connectivity index (χ3n) is 6.21. The highest BCUT2D eigenvalue weighted by molar-refractivity contribution is 7.81. The number of thiocarbonyl (C=S) groups is 1. The van der Waals surface area contributed by atoms with Gasteiger partial charge in [-0.05, 0) is 78.0 Å². The van der Waals surface area contributed by atoms with E-state index in [1.807, 2.05) is 12.1 Å². The van der Waals surface area contributed by atoms with Crippen LogP contribution in [0.5, 0.6) is 11.5 Å². The van der Waals surface area contributed by atoms with Gasteiger partial charge in [-0.1, -0.05) is 77.3 Å². The van der Waals surface area contributed by atoms with Gasteiger partial charge in [-0.25, -0.2) is 0 Å². The molecule has 0 aliphatic carbocycles. The first-order valence-electron chi connectivity index (χ1n) is 12.3. The first kappa shape index (κ1) is 28.6. The van der Waals surface area contributed by atoms with Crippen molar-refractivity contribution in [3.05, 3.63) is 123 Å². The summed E-state index contributed by atoms with van der Waals surface area (Å²) in [4.78, 5) is 30.2. The van der Waals surface area contributed by atoms with Crippen molar-refractivity contribution in [2.45, 2.75) is 6.61 Å². The number of anilines is 2. The zero-order valence-electron chi connectivity index (χ0n) is 21.5. The second-order valence-corrected chi connectivity index (χ2v) is 10.5. The standard InChI is InChI=1S/C31H21Cl3N2O4S/c1-39-27-17-20(16-26(34)28(27)40-18-19-12-13-24(32)25(33)15-19)14-23-29(37)35(21-8-4-2-5-9-21)31(41)36(30(23)38)22-10-6-3-7-11-22/h2-17H,18H2,1H3. The fourth-order valence-corrected chi connectivity index (χ4v) is 5.22. The molecule has 1 fully saturated rings. The molecule has 0 N–H and O–H groups in total. The molecule has 1 saturated heterocycles. The number of rotatable bonds is 7. The van der Waals surface area contributed by atoms with Gasteiger partial charge in [-0.2, -0.15) is 0 Å². The number of methoxy groups -OCH3 is 1. The van der Waals surface area contributed by atoms with E-state index < -0.39 is 11.8 Å². The molecule has 1 aliphatic heterocycles. The molecule has 1 aliphatic rings. The minimum Gasteiger partial charge on any atom is -0.493 e. The van der Waals surface area contributed by atoms with Gasteiger partial charge < -0.3 is 9.47 Å². The van der Waals surface area contributed by atoms with Gasteiger partial charge >= 0.3 is 0 Å². The molecular weight excluding hydrogens is 603 g/mol. The number of carbonyl (C=O) groups excluding carboxylic acids is 2. The van der Waals surface area contributed by atoms with Crippen LogP contribution >= 0.6 is 47.0 Å². The summed E-state index contributed by atoms with van der Waals surface area (Å²) in [6, 6.07) is 26.2. The van der Waals surface area contributed by atoms with Crippen LogP contribution in [0, 0.1) is 0 Å². The molecule has 5 rings (SSSR count). The number of benzene rings is 4. The first-order chi connectivity index (χ1) is 19.8. The smallest absolute Gasteiger partial charge is 0.270 e. The number of para-hydroxylation sites is 2. The van der Waals surface area contributed by atoms with E-state index in [0.717, 1.165) is 5.56 Å². The Morgan fingerprint density at radius 2 is 1.34 bits per heavy atom. The summed E-state index contributed by atoms with van der Waals surface area (Å²) in [5.74, 6) is -0.515. The van der Waals surface area contributed by atoms with Crippen molar-refractivity contribution in [3.8, 4) is 11.5 Å². The third-order valence-corrected chi connectivity index (χ3v) is 7.59. The van der Waals surface area contributed by atoms with Gasteiger partial charge in [0.25, 0.3) is 11.8 Å². The Morgan fingerprint density at radius 1 is 0.756 bits per heavy atom. The van der Waals surface area contributed by atoms with Crippen molar-refractivity contribution in [2.24, 2.45) is 0 Å². The number of nitrogens with zero attached hydrogens (tertiary/aromatic N) is 2. The number of ether oxygens (including phenoxy) is 2. The van der Waals surface area contributed by atoms with E-state index in [0.29, 0.717) is 38.5 Å². The molecule has 0 saturated carbocycles. The molecule has 0 spiro atoms. The fourth-order valence-electron chi connectivity index (χ4n) is 4.25. The lowest BCUT2D eigenvalue weighted by molar-refractivity contribution is -0.120.